The summed E-state index contributed by atoms with van der Waals surface area (Å²) in [6, 6.07) is 0. The highest BCUT2D eigenvalue weighted by Crippen LogP contribution is 2.72. The molecule has 2 amide bonds. The zero-order valence-corrected chi connectivity index (χ0v) is 12.6. The average Bonchev–Trinajstić information content (AvgIpc) is 3.07. The van der Waals surface area contributed by atoms with E-state index in [0.717, 1.165) is 19.3 Å². The number of imide groups is 1. The van der Waals surface area contributed by atoms with Crippen molar-refractivity contribution < 1.29 is 14.3 Å². The lowest BCUT2D eigenvalue weighted by Gasteiger charge is -2.32. The van der Waals surface area contributed by atoms with Crippen LogP contribution in [0, 0.1) is 23.2 Å². The molecule has 2 saturated heterocycles. The fraction of sp³-hybridized carbons (Fsp3) is 0.765. The van der Waals surface area contributed by atoms with Crippen LogP contribution in [0.1, 0.15) is 39.0 Å². The first kappa shape index (κ1) is 13.5. The Morgan fingerprint density at radius 1 is 1.38 bits per heavy atom. The number of epoxide rings is 1. The van der Waals surface area contributed by atoms with E-state index in [4.69, 9.17) is 4.74 Å². The van der Waals surface area contributed by atoms with E-state index in [1.54, 1.807) is 6.08 Å². The minimum absolute atomic E-state index is 0.0289. The predicted octanol–water partition coefficient (Wildman–Crippen LogP) is 2.14. The van der Waals surface area contributed by atoms with E-state index < -0.39 is 0 Å². The van der Waals surface area contributed by atoms with Gasteiger partial charge < -0.3 is 4.74 Å². The molecule has 0 aromatic heterocycles. The van der Waals surface area contributed by atoms with Gasteiger partial charge in [-0.05, 0) is 12.8 Å². The Morgan fingerprint density at radius 3 is 2.90 bits per heavy atom. The van der Waals surface area contributed by atoms with Crippen molar-refractivity contribution in [2.75, 3.05) is 6.54 Å². The highest BCUT2D eigenvalue weighted by atomic mass is 16.6. The summed E-state index contributed by atoms with van der Waals surface area (Å²) in [5, 5.41) is 0. The van der Waals surface area contributed by atoms with Crippen LogP contribution in [0.4, 0.5) is 0 Å². The number of likely N-dealkylation sites (tertiary alicyclic amines) is 1. The number of nitrogens with zero attached hydrogens (tertiary/aromatic N) is 1. The van der Waals surface area contributed by atoms with Gasteiger partial charge in [-0.1, -0.05) is 32.3 Å². The van der Waals surface area contributed by atoms with E-state index in [-0.39, 0.29) is 47.2 Å². The van der Waals surface area contributed by atoms with Crippen LogP contribution in [0.3, 0.4) is 0 Å². The molecule has 0 spiro atoms. The van der Waals surface area contributed by atoms with Crippen LogP contribution in [0.5, 0.6) is 0 Å². The average molecular weight is 289 g/mol. The van der Waals surface area contributed by atoms with Gasteiger partial charge in [0.05, 0.1) is 24.0 Å². The van der Waals surface area contributed by atoms with Gasteiger partial charge >= 0.3 is 0 Å². The van der Waals surface area contributed by atoms with Crippen molar-refractivity contribution >= 4 is 11.8 Å². The van der Waals surface area contributed by atoms with Crippen molar-refractivity contribution in [1.29, 1.82) is 0 Å². The molecule has 114 valence electrons. The maximum absolute atomic E-state index is 12.8. The number of hydrogen-bond donors (Lipinski definition) is 0. The van der Waals surface area contributed by atoms with Gasteiger partial charge in [0.2, 0.25) is 11.8 Å². The lowest BCUT2D eigenvalue weighted by Crippen LogP contribution is -2.40. The molecule has 0 N–H and O–H groups in total. The number of hydrogen-bond acceptors (Lipinski definition) is 3. The van der Waals surface area contributed by atoms with Crippen LogP contribution in [0.15, 0.2) is 12.7 Å². The number of carbonyl (C=O) groups excluding carboxylic acids is 2. The summed E-state index contributed by atoms with van der Waals surface area (Å²) in [4.78, 5) is 26.8. The van der Waals surface area contributed by atoms with Crippen LogP contribution < -0.4 is 0 Å². The third kappa shape index (κ3) is 1.54. The Hall–Kier alpha value is -1.16. The summed E-state index contributed by atoms with van der Waals surface area (Å²) in [7, 11) is 0. The normalized spacial score (nSPS) is 46.0. The molecule has 2 heterocycles. The topological polar surface area (TPSA) is 49.9 Å². The largest absolute Gasteiger partial charge is 0.369 e. The number of ether oxygens (including phenoxy) is 1. The molecule has 6 atom stereocenters. The van der Waals surface area contributed by atoms with Crippen molar-refractivity contribution in [3.8, 4) is 0 Å². The van der Waals surface area contributed by atoms with Gasteiger partial charge in [0, 0.05) is 17.9 Å². The number of rotatable bonds is 6. The van der Waals surface area contributed by atoms with Gasteiger partial charge in [0.15, 0.2) is 0 Å². The van der Waals surface area contributed by atoms with Gasteiger partial charge in [-0.2, -0.15) is 0 Å². The maximum Gasteiger partial charge on any atom is 0.234 e. The summed E-state index contributed by atoms with van der Waals surface area (Å²) in [5.74, 6) is 0.130. The van der Waals surface area contributed by atoms with E-state index in [2.05, 4.69) is 13.5 Å². The van der Waals surface area contributed by atoms with E-state index >= 15 is 0 Å². The molecule has 4 nitrogen and oxygen atoms in total. The lowest BCUT2D eigenvalue weighted by molar-refractivity contribution is -0.141. The molecule has 0 aromatic carbocycles. The second-order valence-electron chi connectivity index (χ2n) is 7.16. The molecular formula is C17H23NO3. The summed E-state index contributed by atoms with van der Waals surface area (Å²) < 4.78 is 5.86. The smallest absolute Gasteiger partial charge is 0.234 e. The molecule has 2 aliphatic heterocycles. The Balaban J connectivity index is 1.64. The number of fused-ring (bicyclic) bond motifs is 8. The van der Waals surface area contributed by atoms with E-state index in [1.165, 1.54) is 17.7 Å². The number of carbonyl (C=O) groups is 2. The highest BCUT2D eigenvalue weighted by Gasteiger charge is 2.79. The molecule has 4 fully saturated rings. The molecule has 21 heavy (non-hydrogen) atoms. The Labute approximate surface area is 125 Å². The first-order chi connectivity index (χ1) is 10.2. The summed E-state index contributed by atoms with van der Waals surface area (Å²) >= 11 is 0. The van der Waals surface area contributed by atoms with Gasteiger partial charge in [0.1, 0.15) is 0 Å². The van der Waals surface area contributed by atoms with E-state index in [9.17, 15) is 9.59 Å². The Morgan fingerprint density at radius 2 is 2.19 bits per heavy atom. The minimum Gasteiger partial charge on any atom is -0.369 e. The third-order valence-corrected chi connectivity index (χ3v) is 6.21. The zero-order valence-electron chi connectivity index (χ0n) is 12.6. The number of amides is 2. The Kier molecular flexibility index (Phi) is 2.84. The number of unbranched alkanes of at least 4 members (excludes halogenated alkanes) is 2. The highest BCUT2D eigenvalue weighted by molar-refractivity contribution is 6.06. The SMILES string of the molecule is C=CCN1C(=O)C2C3CC(CCCCC)(C4OC34)C2C1=O. The first-order valence-electron chi connectivity index (χ1n) is 8.27. The van der Waals surface area contributed by atoms with Crippen LogP contribution >= 0.6 is 0 Å². The van der Waals surface area contributed by atoms with Crippen LogP contribution in [0.25, 0.3) is 0 Å². The lowest BCUT2D eigenvalue weighted by atomic mass is 9.68. The summed E-state index contributed by atoms with van der Waals surface area (Å²) in [6.07, 6.45) is 7.75. The fourth-order valence-corrected chi connectivity index (χ4v) is 5.42. The molecule has 0 radical (unpaired) electrons. The van der Waals surface area contributed by atoms with Crippen LogP contribution in [-0.4, -0.2) is 35.5 Å². The molecule has 2 aliphatic carbocycles. The molecule has 2 bridgehead atoms. The predicted molar refractivity (Wildman–Crippen MR) is 77.2 cm³/mol. The monoisotopic (exact) mass is 289 g/mol. The van der Waals surface area contributed by atoms with E-state index in [1.807, 2.05) is 0 Å². The van der Waals surface area contributed by atoms with Crippen LogP contribution in [-0.2, 0) is 14.3 Å². The maximum atomic E-state index is 12.8. The van der Waals surface area contributed by atoms with E-state index in [0.29, 0.717) is 6.54 Å². The second kappa shape index (κ2) is 4.42. The third-order valence-electron chi connectivity index (χ3n) is 6.21. The Bertz CT molecular complexity index is 516. The zero-order chi connectivity index (χ0) is 14.8. The molecule has 4 heteroatoms. The van der Waals surface area contributed by atoms with Gasteiger partial charge in [-0.3, -0.25) is 14.5 Å². The molecule has 0 aromatic rings. The van der Waals surface area contributed by atoms with Crippen molar-refractivity contribution in [2.45, 2.75) is 51.2 Å². The van der Waals surface area contributed by atoms with Crippen molar-refractivity contribution in [1.82, 2.24) is 4.90 Å². The molecule has 4 rings (SSSR count). The van der Waals surface area contributed by atoms with Crippen molar-refractivity contribution in [2.24, 2.45) is 23.2 Å². The molecular weight excluding hydrogens is 266 g/mol. The minimum atomic E-state index is -0.115. The summed E-state index contributed by atoms with van der Waals surface area (Å²) in [5.41, 5.74) is -0.0438. The molecule has 6 unspecified atom stereocenters. The molecule has 4 aliphatic rings. The van der Waals surface area contributed by atoms with Gasteiger partial charge in [0.25, 0.3) is 0 Å². The van der Waals surface area contributed by atoms with Gasteiger partial charge in [-0.15, -0.1) is 6.58 Å². The summed E-state index contributed by atoms with van der Waals surface area (Å²) in [6.45, 7) is 6.22. The quantitative estimate of drug-likeness (QED) is 0.326. The standard InChI is InChI=1S/C17H23NO3/c1-3-5-6-7-17-9-10(13-14(17)21-13)11-12(17)16(20)18(8-4-2)15(11)19/h4,10-14H,2-3,5-9H2,1H3. The molecule has 2 saturated carbocycles. The van der Waals surface area contributed by atoms with Crippen molar-refractivity contribution in [3.05, 3.63) is 12.7 Å². The first-order valence-corrected chi connectivity index (χ1v) is 8.27. The second-order valence-corrected chi connectivity index (χ2v) is 7.16. The van der Waals surface area contributed by atoms with Gasteiger partial charge in [-0.25, -0.2) is 0 Å². The van der Waals surface area contributed by atoms with Crippen molar-refractivity contribution in [3.63, 3.8) is 0 Å². The fourth-order valence-electron chi connectivity index (χ4n) is 5.42. The van der Waals surface area contributed by atoms with Crippen LogP contribution in [0.2, 0.25) is 0 Å².